The molecule has 126 valence electrons. The second-order valence-electron chi connectivity index (χ2n) is 5.73. The Morgan fingerprint density at radius 3 is 1.04 bits per heavy atom. The number of terminal acetylenes is 3. The molecule has 0 spiro atoms. The maximum Gasteiger partial charge on any atom is 0.0576 e. The van der Waals surface area contributed by atoms with Crippen LogP contribution in [0.25, 0.3) is 0 Å². The maximum absolute atomic E-state index is 5.34. The van der Waals surface area contributed by atoms with E-state index in [2.05, 4.69) is 54.5 Å². The van der Waals surface area contributed by atoms with Crippen molar-refractivity contribution >= 4 is 0 Å². The van der Waals surface area contributed by atoms with Crippen LogP contribution in [-0.2, 0) is 19.6 Å². The second-order valence-corrected chi connectivity index (χ2v) is 5.73. The monoisotopic (exact) mass is 321 g/mol. The number of rotatable bonds is 9. The molecule has 0 fully saturated rings. The van der Waals surface area contributed by atoms with Crippen LogP contribution < -0.4 is 16.0 Å². The van der Waals surface area contributed by atoms with Gasteiger partial charge in [-0.15, -0.1) is 19.3 Å². The van der Waals surface area contributed by atoms with Crippen molar-refractivity contribution in [3.63, 3.8) is 0 Å². The summed E-state index contributed by atoms with van der Waals surface area (Å²) in [7, 11) is 0. The lowest BCUT2D eigenvalue weighted by Crippen LogP contribution is -2.22. The molecule has 0 heterocycles. The first-order valence-corrected chi connectivity index (χ1v) is 8.11. The summed E-state index contributed by atoms with van der Waals surface area (Å²) in [4.78, 5) is 0. The van der Waals surface area contributed by atoms with Crippen molar-refractivity contribution in [3.8, 4) is 37.0 Å². The van der Waals surface area contributed by atoms with E-state index >= 15 is 0 Å². The summed E-state index contributed by atoms with van der Waals surface area (Å²) in [6, 6.07) is 0. The van der Waals surface area contributed by atoms with Crippen molar-refractivity contribution in [2.24, 2.45) is 0 Å². The molecular formula is C21H27N3. The molecule has 0 saturated carbocycles. The zero-order valence-electron chi connectivity index (χ0n) is 15.0. The van der Waals surface area contributed by atoms with E-state index in [4.69, 9.17) is 19.3 Å². The normalized spacial score (nSPS) is 10.0. The summed E-state index contributed by atoms with van der Waals surface area (Å²) < 4.78 is 0. The van der Waals surface area contributed by atoms with Crippen molar-refractivity contribution in [2.45, 2.75) is 40.4 Å². The summed E-state index contributed by atoms with van der Waals surface area (Å²) >= 11 is 0. The van der Waals surface area contributed by atoms with E-state index in [0.717, 1.165) is 19.6 Å². The quantitative estimate of drug-likeness (QED) is 0.479. The summed E-state index contributed by atoms with van der Waals surface area (Å²) in [5.41, 5.74) is 7.77. The Balaban J connectivity index is 3.22. The molecule has 0 aliphatic heterocycles. The third-order valence-electron chi connectivity index (χ3n) is 4.30. The Hall–Kier alpha value is -2.22. The molecule has 0 amide bonds. The Labute approximate surface area is 147 Å². The molecule has 3 heteroatoms. The molecule has 0 unspecified atom stereocenters. The van der Waals surface area contributed by atoms with E-state index in [9.17, 15) is 0 Å². The van der Waals surface area contributed by atoms with Gasteiger partial charge in [0.2, 0.25) is 0 Å². The number of hydrogen-bond donors (Lipinski definition) is 3. The minimum atomic E-state index is 0.558. The molecule has 0 bridgehead atoms. The zero-order chi connectivity index (χ0) is 17.9. The smallest absolute Gasteiger partial charge is 0.0576 e. The van der Waals surface area contributed by atoms with E-state index in [-0.39, 0.29) is 0 Å². The molecule has 0 aliphatic rings. The predicted molar refractivity (Wildman–Crippen MR) is 102 cm³/mol. The van der Waals surface area contributed by atoms with E-state index in [1.807, 2.05) is 0 Å². The van der Waals surface area contributed by atoms with Gasteiger partial charge >= 0.3 is 0 Å². The highest BCUT2D eigenvalue weighted by Crippen LogP contribution is 2.27. The number of nitrogens with one attached hydrogen (secondary N) is 3. The van der Waals surface area contributed by atoms with Gasteiger partial charge in [-0.1, -0.05) is 17.8 Å². The van der Waals surface area contributed by atoms with Crippen molar-refractivity contribution in [3.05, 3.63) is 33.4 Å². The van der Waals surface area contributed by atoms with Crippen molar-refractivity contribution < 1.29 is 0 Å². The highest BCUT2D eigenvalue weighted by molar-refractivity contribution is 5.50. The van der Waals surface area contributed by atoms with Crippen LogP contribution in [0.15, 0.2) is 0 Å². The number of hydrogen-bond acceptors (Lipinski definition) is 3. The lowest BCUT2D eigenvalue weighted by molar-refractivity contribution is 0.716. The van der Waals surface area contributed by atoms with E-state index in [0.29, 0.717) is 19.6 Å². The highest BCUT2D eigenvalue weighted by Gasteiger charge is 2.16. The first kappa shape index (κ1) is 19.8. The van der Waals surface area contributed by atoms with Crippen LogP contribution in [0.1, 0.15) is 33.4 Å². The minimum absolute atomic E-state index is 0.558. The zero-order valence-corrected chi connectivity index (χ0v) is 15.0. The number of benzene rings is 1. The van der Waals surface area contributed by atoms with Crippen LogP contribution in [0.4, 0.5) is 0 Å². The first-order valence-electron chi connectivity index (χ1n) is 8.11. The molecule has 0 radical (unpaired) electrons. The van der Waals surface area contributed by atoms with Gasteiger partial charge < -0.3 is 16.0 Å². The summed E-state index contributed by atoms with van der Waals surface area (Å²) in [6.45, 7) is 10.4. The fraction of sp³-hybridized carbons (Fsp3) is 0.429. The third-order valence-corrected chi connectivity index (χ3v) is 4.30. The Kier molecular flexibility index (Phi) is 8.70. The van der Waals surface area contributed by atoms with Crippen molar-refractivity contribution in [1.29, 1.82) is 0 Å². The Bertz CT molecular complexity index is 565. The highest BCUT2D eigenvalue weighted by atomic mass is 14.9. The molecule has 0 saturated heterocycles. The van der Waals surface area contributed by atoms with Gasteiger partial charge in [0.15, 0.2) is 0 Å². The van der Waals surface area contributed by atoms with Crippen LogP contribution in [0.3, 0.4) is 0 Å². The van der Waals surface area contributed by atoms with Crippen molar-refractivity contribution in [1.82, 2.24) is 16.0 Å². The fourth-order valence-electron chi connectivity index (χ4n) is 2.96. The molecule has 3 N–H and O–H groups in total. The SMILES string of the molecule is C#CCNCc1c(C)c(CNCC#C)c(C)c(CNCC#C)c1C. The second kappa shape index (κ2) is 10.5. The standard InChI is InChI=1S/C21H27N3/c1-7-10-22-13-19-16(4)20(14-23-11-8-2)18(6)21(17(19)5)15-24-12-9-3/h1-3,22-24H,10-15H2,4-6H3. The molecule has 3 nitrogen and oxygen atoms in total. The molecular weight excluding hydrogens is 294 g/mol. The van der Waals surface area contributed by atoms with Gasteiger partial charge in [-0.25, -0.2) is 0 Å². The van der Waals surface area contributed by atoms with Gasteiger partial charge in [0, 0.05) is 19.6 Å². The van der Waals surface area contributed by atoms with Crippen molar-refractivity contribution in [2.75, 3.05) is 19.6 Å². The molecule has 1 aromatic carbocycles. The van der Waals surface area contributed by atoms with Crippen LogP contribution >= 0.6 is 0 Å². The fourth-order valence-corrected chi connectivity index (χ4v) is 2.96. The third kappa shape index (κ3) is 5.16. The molecule has 1 rings (SSSR count). The van der Waals surface area contributed by atoms with Gasteiger partial charge in [0.05, 0.1) is 19.6 Å². The largest absolute Gasteiger partial charge is 0.302 e. The minimum Gasteiger partial charge on any atom is -0.302 e. The summed E-state index contributed by atoms with van der Waals surface area (Å²) in [5, 5.41) is 9.90. The lowest BCUT2D eigenvalue weighted by atomic mass is 9.88. The summed E-state index contributed by atoms with van der Waals surface area (Å²) in [6.07, 6.45) is 16.0. The lowest BCUT2D eigenvalue weighted by Gasteiger charge is -2.23. The van der Waals surface area contributed by atoms with Gasteiger partial charge in [-0.05, 0) is 54.2 Å². The van der Waals surface area contributed by atoms with Crippen LogP contribution in [-0.4, -0.2) is 19.6 Å². The van der Waals surface area contributed by atoms with Crippen LogP contribution in [0.5, 0.6) is 0 Å². The average Bonchev–Trinajstić information content (AvgIpc) is 2.57. The van der Waals surface area contributed by atoms with E-state index in [1.54, 1.807) is 0 Å². The average molecular weight is 321 g/mol. The molecule has 0 aliphatic carbocycles. The van der Waals surface area contributed by atoms with E-state index in [1.165, 1.54) is 33.4 Å². The first-order chi connectivity index (χ1) is 11.6. The van der Waals surface area contributed by atoms with Crippen LogP contribution in [0.2, 0.25) is 0 Å². The maximum atomic E-state index is 5.34. The molecule has 0 atom stereocenters. The Morgan fingerprint density at radius 1 is 0.583 bits per heavy atom. The van der Waals surface area contributed by atoms with Crippen LogP contribution in [0, 0.1) is 57.8 Å². The van der Waals surface area contributed by atoms with Gasteiger partial charge in [0.25, 0.3) is 0 Å². The molecule has 0 aromatic heterocycles. The van der Waals surface area contributed by atoms with Gasteiger partial charge in [0.1, 0.15) is 0 Å². The predicted octanol–water partition coefficient (Wildman–Crippen LogP) is 1.78. The molecule has 1 aromatic rings. The summed E-state index contributed by atoms with van der Waals surface area (Å²) in [5.74, 6) is 7.86. The van der Waals surface area contributed by atoms with E-state index < -0.39 is 0 Å². The topological polar surface area (TPSA) is 36.1 Å². The van der Waals surface area contributed by atoms with Gasteiger partial charge in [-0.2, -0.15) is 0 Å². The molecule has 24 heavy (non-hydrogen) atoms. The Morgan fingerprint density at radius 2 is 0.833 bits per heavy atom. The van der Waals surface area contributed by atoms with Gasteiger partial charge in [-0.3, -0.25) is 0 Å².